The number of piperidine rings is 1. The van der Waals surface area contributed by atoms with Crippen molar-refractivity contribution < 1.29 is 9.59 Å². The lowest BCUT2D eigenvalue weighted by Crippen LogP contribution is -2.52. The van der Waals surface area contributed by atoms with Crippen LogP contribution < -0.4 is 5.73 Å². The summed E-state index contributed by atoms with van der Waals surface area (Å²) in [5, 5.41) is 0.592. The number of nitrogens with zero attached hydrogens (tertiary/aromatic N) is 2. The van der Waals surface area contributed by atoms with E-state index in [2.05, 4.69) is 0 Å². The van der Waals surface area contributed by atoms with Crippen molar-refractivity contribution in [1.82, 2.24) is 9.80 Å². The SMILES string of the molecule is NC1CCN(C(=O)C2CSCN2C(=O)c2ccc(Cl)cc2)CC1. The highest BCUT2D eigenvalue weighted by Gasteiger charge is 2.38. The van der Waals surface area contributed by atoms with Gasteiger partial charge in [-0.2, -0.15) is 0 Å². The minimum Gasteiger partial charge on any atom is -0.341 e. The third-order valence-electron chi connectivity index (χ3n) is 4.37. The number of nitrogens with two attached hydrogens (primary N) is 1. The summed E-state index contributed by atoms with van der Waals surface area (Å²) >= 11 is 7.48. The van der Waals surface area contributed by atoms with Gasteiger partial charge in [-0.05, 0) is 37.1 Å². The highest BCUT2D eigenvalue weighted by molar-refractivity contribution is 7.99. The zero-order valence-electron chi connectivity index (χ0n) is 12.8. The van der Waals surface area contributed by atoms with Gasteiger partial charge in [-0.15, -0.1) is 11.8 Å². The molecule has 3 rings (SSSR count). The molecule has 0 saturated carbocycles. The minimum absolute atomic E-state index is 0.0456. The van der Waals surface area contributed by atoms with Gasteiger partial charge in [0.2, 0.25) is 5.91 Å². The number of likely N-dealkylation sites (tertiary alicyclic amines) is 1. The van der Waals surface area contributed by atoms with Gasteiger partial charge in [-0.1, -0.05) is 11.6 Å². The molecule has 0 aromatic heterocycles. The van der Waals surface area contributed by atoms with Crippen LogP contribution >= 0.6 is 23.4 Å². The minimum atomic E-state index is -0.377. The second-order valence-electron chi connectivity index (χ2n) is 5.96. The summed E-state index contributed by atoms with van der Waals surface area (Å²) in [6, 6.07) is 6.60. The topological polar surface area (TPSA) is 66.6 Å². The summed E-state index contributed by atoms with van der Waals surface area (Å²) < 4.78 is 0. The molecule has 2 aliphatic rings. The molecular formula is C16H20ClN3O2S. The van der Waals surface area contributed by atoms with Gasteiger partial charge in [0.1, 0.15) is 6.04 Å². The summed E-state index contributed by atoms with van der Waals surface area (Å²) in [4.78, 5) is 29.0. The Hall–Kier alpha value is -1.24. The molecular weight excluding hydrogens is 334 g/mol. The molecule has 0 radical (unpaired) electrons. The molecule has 2 amide bonds. The highest BCUT2D eigenvalue weighted by Crippen LogP contribution is 2.26. The first-order chi connectivity index (χ1) is 11.1. The van der Waals surface area contributed by atoms with E-state index in [9.17, 15) is 9.59 Å². The molecule has 0 spiro atoms. The summed E-state index contributed by atoms with van der Waals surface area (Å²) in [6.07, 6.45) is 1.66. The van der Waals surface area contributed by atoms with Crippen molar-refractivity contribution in [3.63, 3.8) is 0 Å². The largest absolute Gasteiger partial charge is 0.341 e. The molecule has 1 unspecified atom stereocenters. The quantitative estimate of drug-likeness (QED) is 0.880. The lowest BCUT2D eigenvalue weighted by atomic mass is 10.0. The zero-order chi connectivity index (χ0) is 16.4. The predicted molar refractivity (Wildman–Crippen MR) is 92.5 cm³/mol. The smallest absolute Gasteiger partial charge is 0.255 e. The van der Waals surface area contributed by atoms with E-state index < -0.39 is 0 Å². The van der Waals surface area contributed by atoms with Gasteiger partial charge in [0, 0.05) is 35.5 Å². The predicted octanol–water partition coefficient (Wildman–Crippen LogP) is 1.80. The van der Waals surface area contributed by atoms with E-state index >= 15 is 0 Å². The molecule has 1 aromatic rings. The zero-order valence-corrected chi connectivity index (χ0v) is 14.4. The molecule has 2 N–H and O–H groups in total. The molecule has 0 bridgehead atoms. The van der Waals surface area contributed by atoms with Crippen molar-refractivity contribution in [3.8, 4) is 0 Å². The Labute approximate surface area is 145 Å². The fraction of sp³-hybridized carbons (Fsp3) is 0.500. The number of hydrogen-bond acceptors (Lipinski definition) is 4. The monoisotopic (exact) mass is 353 g/mol. The van der Waals surface area contributed by atoms with Gasteiger partial charge in [0.15, 0.2) is 0 Å². The van der Waals surface area contributed by atoms with Crippen molar-refractivity contribution in [2.45, 2.75) is 24.9 Å². The summed E-state index contributed by atoms with van der Waals surface area (Å²) in [5.41, 5.74) is 6.46. The van der Waals surface area contributed by atoms with E-state index in [1.54, 1.807) is 40.9 Å². The first-order valence-electron chi connectivity index (χ1n) is 7.75. The van der Waals surface area contributed by atoms with Crippen molar-refractivity contribution in [1.29, 1.82) is 0 Å². The Morgan fingerprint density at radius 2 is 1.83 bits per heavy atom. The van der Waals surface area contributed by atoms with Gasteiger partial charge in [-0.25, -0.2) is 0 Å². The van der Waals surface area contributed by atoms with E-state index in [4.69, 9.17) is 17.3 Å². The van der Waals surface area contributed by atoms with Gasteiger partial charge < -0.3 is 15.5 Å². The molecule has 23 heavy (non-hydrogen) atoms. The average Bonchev–Trinajstić information content (AvgIpc) is 3.04. The van der Waals surface area contributed by atoms with Crippen LogP contribution in [0.25, 0.3) is 0 Å². The number of benzene rings is 1. The second kappa shape index (κ2) is 7.11. The molecule has 2 saturated heterocycles. The Bertz CT molecular complexity index is 587. The number of rotatable bonds is 2. The van der Waals surface area contributed by atoms with Crippen molar-refractivity contribution in [3.05, 3.63) is 34.9 Å². The lowest BCUT2D eigenvalue weighted by molar-refractivity contribution is -0.135. The van der Waals surface area contributed by atoms with E-state index in [0.717, 1.165) is 12.8 Å². The normalized spacial score (nSPS) is 22.4. The van der Waals surface area contributed by atoms with Crippen molar-refractivity contribution >= 4 is 35.2 Å². The molecule has 0 aliphatic carbocycles. The van der Waals surface area contributed by atoms with Crippen LogP contribution in [0.5, 0.6) is 0 Å². The standard InChI is InChI=1S/C16H20ClN3O2S/c17-12-3-1-11(2-4-12)15(21)20-10-23-9-14(20)16(22)19-7-5-13(18)6-8-19/h1-4,13-14H,5-10,18H2. The second-order valence-corrected chi connectivity index (χ2v) is 7.40. The molecule has 7 heteroatoms. The summed E-state index contributed by atoms with van der Waals surface area (Å²) in [5.74, 6) is 1.13. The molecule has 2 fully saturated rings. The van der Waals surface area contributed by atoms with E-state index in [1.807, 2.05) is 4.90 Å². The molecule has 124 valence electrons. The van der Waals surface area contributed by atoms with Gasteiger partial charge >= 0.3 is 0 Å². The van der Waals surface area contributed by atoms with E-state index in [1.165, 1.54) is 0 Å². The average molecular weight is 354 g/mol. The number of halogens is 1. The van der Waals surface area contributed by atoms with Crippen LogP contribution in [-0.2, 0) is 4.79 Å². The third-order valence-corrected chi connectivity index (χ3v) is 5.63. The fourth-order valence-electron chi connectivity index (χ4n) is 2.94. The van der Waals surface area contributed by atoms with Crippen molar-refractivity contribution in [2.75, 3.05) is 24.7 Å². The number of amides is 2. The van der Waals surface area contributed by atoms with Crippen LogP contribution in [0, 0.1) is 0 Å². The van der Waals surface area contributed by atoms with Crippen LogP contribution in [0.4, 0.5) is 0 Å². The maximum absolute atomic E-state index is 12.8. The Morgan fingerprint density at radius 3 is 2.48 bits per heavy atom. The Balaban J connectivity index is 1.70. The molecule has 2 heterocycles. The first kappa shape index (κ1) is 16.6. The fourth-order valence-corrected chi connectivity index (χ4v) is 4.21. The third kappa shape index (κ3) is 3.65. The number of carbonyl (C=O) groups excluding carboxylic acids is 2. The number of hydrogen-bond donors (Lipinski definition) is 1. The van der Waals surface area contributed by atoms with Crippen LogP contribution in [0.2, 0.25) is 5.02 Å². The van der Waals surface area contributed by atoms with Gasteiger partial charge in [0.25, 0.3) is 5.91 Å². The maximum Gasteiger partial charge on any atom is 0.255 e. The number of thioether (sulfide) groups is 1. The van der Waals surface area contributed by atoms with E-state index in [-0.39, 0.29) is 23.9 Å². The first-order valence-corrected chi connectivity index (χ1v) is 9.28. The van der Waals surface area contributed by atoms with Crippen LogP contribution in [-0.4, -0.2) is 58.4 Å². The van der Waals surface area contributed by atoms with Crippen LogP contribution in [0.15, 0.2) is 24.3 Å². The molecule has 2 aliphatic heterocycles. The lowest BCUT2D eigenvalue weighted by Gasteiger charge is -2.34. The maximum atomic E-state index is 12.8. The summed E-state index contributed by atoms with van der Waals surface area (Å²) in [6.45, 7) is 1.37. The van der Waals surface area contributed by atoms with Gasteiger partial charge in [-0.3, -0.25) is 9.59 Å². The van der Waals surface area contributed by atoms with Crippen LogP contribution in [0.3, 0.4) is 0 Å². The van der Waals surface area contributed by atoms with Crippen molar-refractivity contribution in [2.24, 2.45) is 5.73 Å². The summed E-state index contributed by atoms with van der Waals surface area (Å²) in [7, 11) is 0. The Morgan fingerprint density at radius 1 is 1.17 bits per heavy atom. The van der Waals surface area contributed by atoms with Crippen LogP contribution in [0.1, 0.15) is 23.2 Å². The molecule has 5 nitrogen and oxygen atoms in total. The number of carbonyl (C=O) groups is 2. The molecule has 1 aromatic carbocycles. The van der Waals surface area contributed by atoms with E-state index in [0.29, 0.717) is 35.3 Å². The Kier molecular flexibility index (Phi) is 5.14. The highest BCUT2D eigenvalue weighted by atomic mass is 35.5. The van der Waals surface area contributed by atoms with Gasteiger partial charge in [0.05, 0.1) is 5.88 Å². The molecule has 1 atom stereocenters.